The number of ether oxygens (including phenoxy) is 4. The van der Waals surface area contributed by atoms with E-state index in [1.54, 1.807) is 13.2 Å². The zero-order valence-corrected chi connectivity index (χ0v) is 20.4. The zero-order valence-electron chi connectivity index (χ0n) is 20.4. The van der Waals surface area contributed by atoms with E-state index in [2.05, 4.69) is 11.9 Å². The van der Waals surface area contributed by atoms with Crippen molar-refractivity contribution in [2.24, 2.45) is 0 Å². The smallest absolute Gasteiger partial charge is 0.308 e. The van der Waals surface area contributed by atoms with Gasteiger partial charge in [0.25, 0.3) is 0 Å². The lowest BCUT2D eigenvalue weighted by molar-refractivity contribution is -0.132. The quantitative estimate of drug-likeness (QED) is 0.466. The number of methoxy groups -OCH3 is 2. The molecule has 2 bridgehead atoms. The Labute approximate surface area is 204 Å². The fraction of sp³-hybridized carbons (Fsp3) is 0.357. The number of rotatable bonds is 6. The molecule has 2 atom stereocenters. The summed E-state index contributed by atoms with van der Waals surface area (Å²) in [5.41, 5.74) is 3.22. The Morgan fingerprint density at radius 1 is 1.14 bits per heavy atom. The molecule has 2 unspecified atom stereocenters. The van der Waals surface area contributed by atoms with Gasteiger partial charge in [-0.1, -0.05) is 30.3 Å². The van der Waals surface area contributed by atoms with Gasteiger partial charge in [0.05, 0.1) is 14.2 Å². The van der Waals surface area contributed by atoms with E-state index in [1.807, 2.05) is 42.5 Å². The van der Waals surface area contributed by atoms with Crippen LogP contribution in [-0.4, -0.2) is 50.5 Å². The number of carbonyl (C=O) groups is 2. The average molecular weight is 476 g/mol. The number of fused-ring (bicyclic) bond motifs is 1. The van der Waals surface area contributed by atoms with Crippen molar-refractivity contribution in [3.8, 4) is 17.2 Å². The minimum atomic E-state index is -0.639. The Hall–Kier alpha value is -3.58. The summed E-state index contributed by atoms with van der Waals surface area (Å²) in [6, 6.07) is 11.9. The Morgan fingerprint density at radius 3 is 2.60 bits per heavy atom. The molecule has 2 aromatic rings. The van der Waals surface area contributed by atoms with Crippen molar-refractivity contribution in [1.29, 1.82) is 0 Å². The number of allylic oxidation sites excluding steroid dienone is 2. The number of hydrogen-bond acceptors (Lipinski definition) is 7. The third kappa shape index (κ3) is 3.80. The largest absolute Gasteiger partial charge is 0.493 e. The van der Waals surface area contributed by atoms with Crippen LogP contribution in [0.1, 0.15) is 30.0 Å². The molecule has 35 heavy (non-hydrogen) atoms. The molecule has 2 aromatic carbocycles. The molecule has 0 saturated carbocycles. The summed E-state index contributed by atoms with van der Waals surface area (Å²) in [4.78, 5) is 27.3. The van der Waals surface area contributed by atoms with Crippen molar-refractivity contribution >= 4 is 11.8 Å². The van der Waals surface area contributed by atoms with Crippen LogP contribution < -0.4 is 14.2 Å². The molecule has 1 fully saturated rings. The maximum Gasteiger partial charge on any atom is 0.308 e. The molecule has 0 radical (unpaired) electrons. The maximum absolute atomic E-state index is 12.8. The first-order valence-corrected chi connectivity index (χ1v) is 11.7. The minimum Gasteiger partial charge on any atom is -0.493 e. The second kappa shape index (κ2) is 8.89. The summed E-state index contributed by atoms with van der Waals surface area (Å²) in [5.74, 6) is 0.915. The number of benzene rings is 2. The number of likely N-dealkylation sites (N-methyl/N-ethyl adjacent to an activating group) is 1. The summed E-state index contributed by atoms with van der Waals surface area (Å²) in [6.07, 6.45) is 4.97. The van der Waals surface area contributed by atoms with Gasteiger partial charge in [-0.15, -0.1) is 0 Å². The predicted octanol–water partition coefficient (Wildman–Crippen LogP) is 3.74. The second-order valence-corrected chi connectivity index (χ2v) is 9.24. The van der Waals surface area contributed by atoms with Gasteiger partial charge in [0.2, 0.25) is 11.5 Å². The van der Waals surface area contributed by atoms with Gasteiger partial charge in [0, 0.05) is 23.9 Å². The summed E-state index contributed by atoms with van der Waals surface area (Å²) in [7, 11) is 5.12. The first-order chi connectivity index (χ1) is 16.9. The van der Waals surface area contributed by atoms with E-state index >= 15 is 0 Å². The van der Waals surface area contributed by atoms with Gasteiger partial charge in [0.15, 0.2) is 17.3 Å². The van der Waals surface area contributed by atoms with Crippen LogP contribution in [0.2, 0.25) is 0 Å². The first-order valence-electron chi connectivity index (χ1n) is 11.7. The van der Waals surface area contributed by atoms with E-state index in [9.17, 15) is 9.59 Å². The average Bonchev–Trinajstić information content (AvgIpc) is 2.84. The van der Waals surface area contributed by atoms with E-state index in [-0.39, 0.29) is 11.8 Å². The molecule has 182 valence electrons. The minimum absolute atomic E-state index is 0.0374. The summed E-state index contributed by atoms with van der Waals surface area (Å²) >= 11 is 0. The standard InChI is InChI=1S/C28H29NO6/c1-17(30)35-27-25-19(13-23(26(27)33-4)34-16-18-8-6-5-7-9-18)12-21-20-14-22(31)24(32-3)15-28(20,25)10-11-29(21)2/h5-9,13-15,21H,10-12,16H2,1-4H3. The topological polar surface area (TPSA) is 74.3 Å². The van der Waals surface area contributed by atoms with Crippen LogP contribution in [0.3, 0.4) is 0 Å². The molecule has 0 N–H and O–H groups in total. The van der Waals surface area contributed by atoms with E-state index in [4.69, 9.17) is 18.9 Å². The summed E-state index contributed by atoms with van der Waals surface area (Å²) < 4.78 is 23.3. The highest BCUT2D eigenvalue weighted by Gasteiger charge is 2.53. The molecule has 1 heterocycles. The number of carbonyl (C=O) groups excluding carboxylic acids is 2. The molecule has 7 nitrogen and oxygen atoms in total. The Kier molecular flexibility index (Phi) is 5.89. The van der Waals surface area contributed by atoms with Crippen molar-refractivity contribution in [2.45, 2.75) is 37.8 Å². The highest BCUT2D eigenvalue weighted by Crippen LogP contribution is 2.58. The van der Waals surface area contributed by atoms with E-state index < -0.39 is 11.4 Å². The zero-order chi connectivity index (χ0) is 24.7. The molecule has 1 aliphatic heterocycles. The van der Waals surface area contributed by atoms with Gasteiger partial charge in [-0.05, 0) is 61.4 Å². The SMILES string of the molecule is COC1=CC23CCN(C)C(Cc4cc(OCc5ccccc5)c(OC)c(OC(C)=O)c42)C3=CC1=O. The fourth-order valence-corrected chi connectivity index (χ4v) is 5.64. The van der Waals surface area contributed by atoms with Crippen LogP contribution in [0.25, 0.3) is 0 Å². The van der Waals surface area contributed by atoms with Crippen LogP contribution in [0.4, 0.5) is 0 Å². The monoisotopic (exact) mass is 475 g/mol. The Balaban J connectivity index is 1.72. The van der Waals surface area contributed by atoms with Gasteiger partial charge >= 0.3 is 5.97 Å². The van der Waals surface area contributed by atoms with Gasteiger partial charge in [-0.3, -0.25) is 14.5 Å². The van der Waals surface area contributed by atoms with Crippen LogP contribution in [-0.2, 0) is 32.8 Å². The lowest BCUT2D eigenvalue weighted by Gasteiger charge is -2.52. The summed E-state index contributed by atoms with van der Waals surface area (Å²) in [6.45, 7) is 2.54. The normalized spacial score (nSPS) is 22.9. The van der Waals surface area contributed by atoms with Crippen molar-refractivity contribution in [2.75, 3.05) is 27.8 Å². The lowest BCUT2D eigenvalue weighted by atomic mass is 9.58. The van der Waals surface area contributed by atoms with Gasteiger partial charge < -0.3 is 18.9 Å². The number of hydrogen-bond donors (Lipinski definition) is 0. The van der Waals surface area contributed by atoms with Crippen LogP contribution in [0, 0.1) is 0 Å². The molecule has 5 rings (SSSR count). The van der Waals surface area contributed by atoms with Crippen LogP contribution in [0.15, 0.2) is 59.9 Å². The van der Waals surface area contributed by atoms with E-state index in [1.165, 1.54) is 14.0 Å². The van der Waals surface area contributed by atoms with E-state index in [0.717, 1.165) is 28.8 Å². The number of esters is 1. The Morgan fingerprint density at radius 2 is 1.91 bits per heavy atom. The van der Waals surface area contributed by atoms with Gasteiger partial charge in [-0.2, -0.15) is 0 Å². The van der Waals surface area contributed by atoms with Gasteiger partial charge in [0.1, 0.15) is 6.61 Å². The third-order valence-corrected chi connectivity index (χ3v) is 7.22. The highest BCUT2D eigenvalue weighted by atomic mass is 16.6. The summed E-state index contributed by atoms with van der Waals surface area (Å²) in [5, 5.41) is 0. The predicted molar refractivity (Wildman–Crippen MR) is 130 cm³/mol. The first kappa shape index (κ1) is 23.2. The van der Waals surface area contributed by atoms with Crippen molar-refractivity contribution in [3.05, 3.63) is 76.6 Å². The van der Waals surface area contributed by atoms with Crippen molar-refractivity contribution in [3.63, 3.8) is 0 Å². The van der Waals surface area contributed by atoms with Crippen LogP contribution in [0.5, 0.6) is 17.2 Å². The van der Waals surface area contributed by atoms with Crippen molar-refractivity contribution in [1.82, 2.24) is 4.90 Å². The lowest BCUT2D eigenvalue weighted by Crippen LogP contribution is -2.54. The number of piperidine rings is 1. The van der Waals surface area contributed by atoms with E-state index in [0.29, 0.717) is 42.5 Å². The maximum atomic E-state index is 12.8. The number of nitrogens with zero attached hydrogens (tertiary/aromatic N) is 1. The molecule has 0 spiro atoms. The molecule has 7 heteroatoms. The second-order valence-electron chi connectivity index (χ2n) is 9.24. The Bertz CT molecular complexity index is 1250. The molecule has 2 aliphatic carbocycles. The molecular weight excluding hydrogens is 446 g/mol. The molecule has 0 aromatic heterocycles. The highest BCUT2D eigenvalue weighted by molar-refractivity contribution is 6.05. The fourth-order valence-electron chi connectivity index (χ4n) is 5.64. The van der Waals surface area contributed by atoms with Gasteiger partial charge in [-0.25, -0.2) is 0 Å². The molecule has 1 saturated heterocycles. The molecule has 0 amide bonds. The molecule has 3 aliphatic rings. The number of likely N-dealkylation sites (tertiary alicyclic amines) is 1. The van der Waals surface area contributed by atoms with Crippen molar-refractivity contribution < 1.29 is 28.5 Å². The number of ketones is 1. The third-order valence-electron chi connectivity index (χ3n) is 7.22. The van der Waals surface area contributed by atoms with Crippen LogP contribution >= 0.6 is 0 Å². The molecular formula is C28H29NO6.